The molecule has 0 spiro atoms. The van der Waals surface area contributed by atoms with Crippen LogP contribution in [0, 0.1) is 6.92 Å². The molecule has 0 bridgehead atoms. The fourth-order valence-corrected chi connectivity index (χ4v) is 2.33. The molecule has 4 nitrogen and oxygen atoms in total. The summed E-state index contributed by atoms with van der Waals surface area (Å²) in [6.07, 6.45) is 0. The number of nitrogens with two attached hydrogens (primary N) is 2. The molecule has 0 aliphatic carbocycles. The van der Waals surface area contributed by atoms with Crippen molar-refractivity contribution >= 4 is 23.0 Å². The lowest BCUT2D eigenvalue weighted by molar-refractivity contribution is 0.100. The van der Waals surface area contributed by atoms with E-state index in [1.54, 1.807) is 18.2 Å². The fraction of sp³-hybridized carbons (Fsp3) is 0.188. The maximum atomic E-state index is 11.6. The van der Waals surface area contributed by atoms with Gasteiger partial charge in [-0.3, -0.25) is 4.79 Å². The minimum absolute atomic E-state index is 0.438. The number of primary amides is 1. The van der Waals surface area contributed by atoms with Gasteiger partial charge in [0.15, 0.2) is 0 Å². The number of para-hydroxylation sites is 1. The molecule has 0 aliphatic rings. The van der Waals surface area contributed by atoms with Crippen LogP contribution in [-0.2, 0) is 0 Å². The molecule has 0 heterocycles. The number of anilines is 3. The van der Waals surface area contributed by atoms with Crippen molar-refractivity contribution in [1.82, 2.24) is 0 Å². The highest BCUT2D eigenvalue weighted by Gasteiger charge is 2.18. The van der Waals surface area contributed by atoms with Crippen molar-refractivity contribution < 1.29 is 4.79 Å². The zero-order valence-electron chi connectivity index (χ0n) is 11.8. The van der Waals surface area contributed by atoms with Crippen LogP contribution in [0.25, 0.3) is 0 Å². The Balaban J connectivity index is 2.60. The normalized spacial score (nSPS) is 10.3. The summed E-state index contributed by atoms with van der Waals surface area (Å²) in [5, 5.41) is 0. The molecule has 0 unspecified atom stereocenters. The highest BCUT2D eigenvalue weighted by Crippen LogP contribution is 2.33. The Morgan fingerprint density at radius 3 is 2.50 bits per heavy atom. The van der Waals surface area contributed by atoms with E-state index in [1.165, 1.54) is 0 Å². The van der Waals surface area contributed by atoms with Crippen LogP contribution < -0.4 is 16.4 Å². The maximum absolute atomic E-state index is 11.6. The Morgan fingerprint density at radius 2 is 1.90 bits per heavy atom. The van der Waals surface area contributed by atoms with Crippen LogP contribution in [0.2, 0.25) is 0 Å². The van der Waals surface area contributed by atoms with Crippen molar-refractivity contribution in [3.05, 3.63) is 53.6 Å². The Labute approximate surface area is 119 Å². The first kappa shape index (κ1) is 13.9. The molecule has 4 N–H and O–H groups in total. The van der Waals surface area contributed by atoms with Gasteiger partial charge in [0.2, 0.25) is 0 Å². The van der Waals surface area contributed by atoms with Gasteiger partial charge in [0.05, 0.1) is 16.9 Å². The lowest BCUT2D eigenvalue weighted by atomic mass is 10.1. The van der Waals surface area contributed by atoms with Crippen LogP contribution in [-0.4, -0.2) is 12.5 Å². The number of carbonyl (C=O) groups excluding carboxylic acids is 1. The van der Waals surface area contributed by atoms with Crippen molar-refractivity contribution in [1.29, 1.82) is 0 Å². The lowest BCUT2D eigenvalue weighted by Crippen LogP contribution is -2.23. The topological polar surface area (TPSA) is 72.3 Å². The summed E-state index contributed by atoms with van der Waals surface area (Å²) in [7, 11) is 0. The molecule has 2 aromatic rings. The van der Waals surface area contributed by atoms with E-state index in [1.807, 2.05) is 36.9 Å². The van der Waals surface area contributed by atoms with E-state index in [0.29, 0.717) is 23.5 Å². The van der Waals surface area contributed by atoms with Gasteiger partial charge in [-0.2, -0.15) is 0 Å². The Morgan fingerprint density at radius 1 is 1.20 bits per heavy atom. The second kappa shape index (κ2) is 5.65. The van der Waals surface area contributed by atoms with Gasteiger partial charge < -0.3 is 16.4 Å². The standard InChI is InChI=1S/C16H19N3O/c1-3-19(12-7-4-6-11(2)10-12)15-13(16(18)20)8-5-9-14(15)17/h4-10H,3,17H2,1-2H3,(H2,18,20). The number of hydrogen-bond donors (Lipinski definition) is 2. The van der Waals surface area contributed by atoms with E-state index >= 15 is 0 Å². The third-order valence-electron chi connectivity index (χ3n) is 3.23. The lowest BCUT2D eigenvalue weighted by Gasteiger charge is -2.27. The molecule has 0 fully saturated rings. The largest absolute Gasteiger partial charge is 0.397 e. The maximum Gasteiger partial charge on any atom is 0.250 e. The minimum atomic E-state index is -0.474. The van der Waals surface area contributed by atoms with Crippen molar-refractivity contribution in [3.8, 4) is 0 Å². The summed E-state index contributed by atoms with van der Waals surface area (Å²) >= 11 is 0. The SMILES string of the molecule is CCN(c1cccc(C)c1)c1c(N)cccc1C(N)=O. The second-order valence-electron chi connectivity index (χ2n) is 4.69. The third kappa shape index (κ3) is 2.59. The summed E-state index contributed by atoms with van der Waals surface area (Å²) in [6.45, 7) is 4.73. The van der Waals surface area contributed by atoms with E-state index in [-0.39, 0.29) is 0 Å². The van der Waals surface area contributed by atoms with E-state index in [0.717, 1.165) is 11.3 Å². The van der Waals surface area contributed by atoms with Crippen molar-refractivity contribution in [3.63, 3.8) is 0 Å². The Kier molecular flexibility index (Phi) is 3.94. The number of benzene rings is 2. The molecule has 0 saturated carbocycles. The molecular formula is C16H19N3O. The quantitative estimate of drug-likeness (QED) is 0.838. The predicted molar refractivity (Wildman–Crippen MR) is 83.2 cm³/mol. The summed E-state index contributed by atoms with van der Waals surface area (Å²) in [5.41, 5.74) is 15.3. The van der Waals surface area contributed by atoms with Crippen LogP contribution >= 0.6 is 0 Å². The highest BCUT2D eigenvalue weighted by atomic mass is 16.1. The molecule has 0 radical (unpaired) electrons. The van der Waals surface area contributed by atoms with Gasteiger partial charge >= 0.3 is 0 Å². The molecule has 104 valence electrons. The van der Waals surface area contributed by atoms with Gasteiger partial charge in [-0.15, -0.1) is 0 Å². The van der Waals surface area contributed by atoms with Crippen LogP contribution in [0.3, 0.4) is 0 Å². The molecule has 0 aliphatic heterocycles. The Hall–Kier alpha value is -2.49. The average molecular weight is 269 g/mol. The van der Waals surface area contributed by atoms with Crippen molar-refractivity contribution in [2.24, 2.45) is 5.73 Å². The molecule has 20 heavy (non-hydrogen) atoms. The molecule has 2 rings (SSSR count). The molecular weight excluding hydrogens is 250 g/mol. The van der Waals surface area contributed by atoms with Crippen LogP contribution in [0.1, 0.15) is 22.8 Å². The first-order valence-electron chi connectivity index (χ1n) is 6.57. The van der Waals surface area contributed by atoms with E-state index in [9.17, 15) is 4.79 Å². The third-order valence-corrected chi connectivity index (χ3v) is 3.23. The molecule has 0 atom stereocenters. The number of hydrogen-bond acceptors (Lipinski definition) is 3. The first-order chi connectivity index (χ1) is 9.54. The Bertz CT molecular complexity index is 637. The van der Waals surface area contributed by atoms with Crippen LogP contribution in [0.15, 0.2) is 42.5 Å². The predicted octanol–water partition coefficient (Wildman–Crippen LogP) is 2.83. The van der Waals surface area contributed by atoms with Gasteiger partial charge in [-0.05, 0) is 43.7 Å². The number of rotatable bonds is 4. The number of amides is 1. The monoisotopic (exact) mass is 269 g/mol. The van der Waals surface area contributed by atoms with Crippen LogP contribution in [0.4, 0.5) is 17.1 Å². The molecule has 1 amide bonds. The highest BCUT2D eigenvalue weighted by molar-refractivity contribution is 6.02. The zero-order valence-corrected chi connectivity index (χ0v) is 11.8. The molecule has 0 aromatic heterocycles. The average Bonchev–Trinajstić information content (AvgIpc) is 2.41. The molecule has 4 heteroatoms. The van der Waals surface area contributed by atoms with Crippen molar-refractivity contribution in [2.75, 3.05) is 17.2 Å². The van der Waals surface area contributed by atoms with Gasteiger partial charge in [-0.1, -0.05) is 18.2 Å². The number of nitrogen functional groups attached to an aromatic ring is 1. The van der Waals surface area contributed by atoms with E-state index < -0.39 is 5.91 Å². The van der Waals surface area contributed by atoms with Gasteiger partial charge in [0.1, 0.15) is 0 Å². The summed E-state index contributed by atoms with van der Waals surface area (Å²) in [6, 6.07) is 13.3. The summed E-state index contributed by atoms with van der Waals surface area (Å²) < 4.78 is 0. The number of aryl methyl sites for hydroxylation is 1. The first-order valence-corrected chi connectivity index (χ1v) is 6.57. The van der Waals surface area contributed by atoms with Gasteiger partial charge in [-0.25, -0.2) is 0 Å². The molecule has 0 saturated heterocycles. The second-order valence-corrected chi connectivity index (χ2v) is 4.69. The zero-order chi connectivity index (χ0) is 14.7. The fourth-order valence-electron chi connectivity index (χ4n) is 2.33. The van der Waals surface area contributed by atoms with Crippen LogP contribution in [0.5, 0.6) is 0 Å². The van der Waals surface area contributed by atoms with Gasteiger partial charge in [0, 0.05) is 12.2 Å². The summed E-state index contributed by atoms with van der Waals surface area (Å²) in [4.78, 5) is 13.6. The number of carbonyl (C=O) groups is 1. The molecule has 2 aromatic carbocycles. The summed E-state index contributed by atoms with van der Waals surface area (Å²) in [5.74, 6) is -0.474. The minimum Gasteiger partial charge on any atom is -0.397 e. The van der Waals surface area contributed by atoms with Crippen molar-refractivity contribution in [2.45, 2.75) is 13.8 Å². The number of nitrogens with zero attached hydrogens (tertiary/aromatic N) is 1. The van der Waals surface area contributed by atoms with Gasteiger partial charge in [0.25, 0.3) is 5.91 Å². The van der Waals surface area contributed by atoms with E-state index in [2.05, 4.69) is 6.07 Å². The van der Waals surface area contributed by atoms with E-state index in [4.69, 9.17) is 11.5 Å². The smallest absolute Gasteiger partial charge is 0.250 e.